The second-order valence-corrected chi connectivity index (χ2v) is 4.24. The summed E-state index contributed by atoms with van der Waals surface area (Å²) in [6, 6.07) is 8.00. The van der Waals surface area contributed by atoms with Crippen molar-refractivity contribution >= 4 is 10.1 Å². The largest absolute Gasteiger partial charge is 1.00 e. The second kappa shape index (κ2) is 10.6. The Bertz CT molecular complexity index is 413. The van der Waals surface area contributed by atoms with Gasteiger partial charge in [-0.3, -0.25) is 4.18 Å². The molecule has 3 nitrogen and oxygen atoms in total. The summed E-state index contributed by atoms with van der Waals surface area (Å²) >= 11 is 0. The van der Waals surface area contributed by atoms with E-state index in [2.05, 4.69) is 24.3 Å². The molecule has 0 heterocycles. The van der Waals surface area contributed by atoms with Gasteiger partial charge in [0, 0.05) is 0 Å². The van der Waals surface area contributed by atoms with E-state index in [1.807, 2.05) is 0 Å². The van der Waals surface area contributed by atoms with E-state index >= 15 is 0 Å². The molecule has 0 aliphatic heterocycles. The van der Waals surface area contributed by atoms with E-state index in [0.29, 0.717) is 0 Å². The Kier molecular flexibility index (Phi) is 11.8. The molecule has 0 saturated carbocycles. The maximum atomic E-state index is 11.3. The monoisotopic (exact) mass is 262 g/mol. The molecule has 0 N–H and O–H groups in total. The minimum atomic E-state index is -3.59. The van der Waals surface area contributed by atoms with E-state index in [1.165, 1.54) is 24.3 Å². The maximum absolute atomic E-state index is 11.3. The second-order valence-electron chi connectivity index (χ2n) is 2.63. The molecule has 1 rings (SSSR count). The zero-order valence-electron chi connectivity index (χ0n) is 10.0. The summed E-state index contributed by atoms with van der Waals surface area (Å²) in [5.74, 6) is 0. The van der Waals surface area contributed by atoms with Crippen molar-refractivity contribution in [3.05, 3.63) is 62.6 Å². The van der Waals surface area contributed by atoms with E-state index in [-0.39, 0.29) is 41.1 Å². The van der Waals surface area contributed by atoms with Gasteiger partial charge in [0.2, 0.25) is 0 Å². The van der Waals surface area contributed by atoms with Gasteiger partial charge in [0.25, 0.3) is 10.1 Å². The van der Waals surface area contributed by atoms with Gasteiger partial charge in [-0.25, -0.2) is 19.6 Å². The molecular formula is C12H15NaO3S. The van der Waals surface area contributed by atoms with Gasteiger partial charge >= 0.3 is 29.6 Å². The van der Waals surface area contributed by atoms with E-state index < -0.39 is 10.1 Å². The topological polar surface area (TPSA) is 43.4 Å². The first-order valence-electron chi connectivity index (χ1n) is 4.54. The molecule has 0 saturated heterocycles. The minimum Gasteiger partial charge on any atom is -0.262 e. The summed E-state index contributed by atoms with van der Waals surface area (Å²) in [4.78, 5) is 0.164. The molecule has 1 aromatic rings. The molecule has 5 heteroatoms. The molecule has 0 unspecified atom stereocenters. The predicted molar refractivity (Wildman–Crippen MR) is 65.3 cm³/mol. The van der Waals surface area contributed by atoms with Gasteiger partial charge in [-0.05, 0) is 12.1 Å². The molecule has 0 aliphatic rings. The quantitative estimate of drug-likeness (QED) is 0.321. The fourth-order valence-corrected chi connectivity index (χ4v) is 1.69. The standard InChI is InChI=1S/C9H10O3S.C3H5.Na/c1-2-8-12-13(10,11)9-6-4-3-5-7-9;1-3-2;/h2-7H,1,8H2;3H,1-2H2;/q;-1;+1. The molecular weight excluding hydrogens is 247 g/mol. The number of hydrogen-bond acceptors (Lipinski definition) is 3. The third kappa shape index (κ3) is 8.24. The fourth-order valence-electron chi connectivity index (χ4n) is 0.793. The predicted octanol–water partition coefficient (Wildman–Crippen LogP) is -0.412. The minimum absolute atomic E-state index is 0. The zero-order chi connectivity index (χ0) is 12.4. The molecule has 0 aromatic heterocycles. The van der Waals surface area contributed by atoms with Crippen molar-refractivity contribution in [3.8, 4) is 0 Å². The molecule has 1 aromatic carbocycles. The Morgan fingerprint density at radius 1 is 1.24 bits per heavy atom. The number of allylic oxidation sites excluding steroid dienone is 1. The van der Waals surface area contributed by atoms with Crippen LogP contribution in [0.15, 0.2) is 60.5 Å². The summed E-state index contributed by atoms with van der Waals surface area (Å²) in [5, 5.41) is 0. The Morgan fingerprint density at radius 3 is 2.12 bits per heavy atom. The summed E-state index contributed by atoms with van der Waals surface area (Å²) in [7, 11) is -3.59. The van der Waals surface area contributed by atoms with Gasteiger partial charge < -0.3 is 0 Å². The first-order valence-corrected chi connectivity index (χ1v) is 5.94. The summed E-state index contributed by atoms with van der Waals surface area (Å²) in [6.07, 6.45) is 2.89. The van der Waals surface area contributed by atoms with Crippen LogP contribution < -0.4 is 29.6 Å². The first-order chi connectivity index (χ1) is 7.58. The van der Waals surface area contributed by atoms with Gasteiger partial charge in [0.05, 0.1) is 11.5 Å². The molecule has 0 bridgehead atoms. The van der Waals surface area contributed by atoms with Gasteiger partial charge in [0.1, 0.15) is 0 Å². The van der Waals surface area contributed by atoms with Crippen molar-refractivity contribution < 1.29 is 42.2 Å². The molecule has 0 atom stereocenters. The molecule has 0 spiro atoms. The van der Waals surface area contributed by atoms with Crippen LogP contribution in [-0.4, -0.2) is 15.0 Å². The number of rotatable bonds is 4. The van der Waals surface area contributed by atoms with Crippen molar-refractivity contribution in [1.82, 2.24) is 0 Å². The van der Waals surface area contributed by atoms with Crippen LogP contribution in [0.2, 0.25) is 0 Å². The van der Waals surface area contributed by atoms with E-state index in [0.717, 1.165) is 0 Å². The van der Waals surface area contributed by atoms with Crippen molar-refractivity contribution in [3.63, 3.8) is 0 Å². The third-order valence-electron chi connectivity index (χ3n) is 1.37. The average molecular weight is 262 g/mol. The molecule has 0 amide bonds. The van der Waals surface area contributed by atoms with Crippen LogP contribution in [-0.2, 0) is 14.3 Å². The summed E-state index contributed by atoms with van der Waals surface area (Å²) in [5.41, 5.74) is 0. The SMILES string of the molecule is C=CCOS(=O)(=O)c1ccccc1.C=C[CH2-].[Na+]. The molecule has 0 aliphatic carbocycles. The Labute approximate surface area is 126 Å². The van der Waals surface area contributed by atoms with Gasteiger partial charge in [-0.1, -0.05) is 24.3 Å². The van der Waals surface area contributed by atoms with Crippen LogP contribution >= 0.6 is 0 Å². The smallest absolute Gasteiger partial charge is 0.262 e. The first kappa shape index (κ1) is 18.8. The van der Waals surface area contributed by atoms with Crippen molar-refractivity contribution in [2.75, 3.05) is 6.61 Å². The van der Waals surface area contributed by atoms with E-state index in [1.54, 1.807) is 18.2 Å². The number of hydrogen-bond donors (Lipinski definition) is 0. The summed E-state index contributed by atoms with van der Waals surface area (Å²) < 4.78 is 27.3. The Morgan fingerprint density at radius 2 is 1.71 bits per heavy atom. The van der Waals surface area contributed by atoms with Crippen LogP contribution in [0, 0.1) is 6.92 Å². The average Bonchev–Trinajstić information content (AvgIpc) is 2.29. The Hall–Kier alpha value is -0.520. The fraction of sp³-hybridized carbons (Fsp3) is 0.0833. The summed E-state index contributed by atoms with van der Waals surface area (Å²) in [6.45, 7) is 9.87. The van der Waals surface area contributed by atoms with Crippen LogP contribution in [0.4, 0.5) is 0 Å². The van der Waals surface area contributed by atoms with Gasteiger partial charge in [0.15, 0.2) is 0 Å². The molecule has 0 radical (unpaired) electrons. The van der Waals surface area contributed by atoms with Crippen molar-refractivity contribution in [1.29, 1.82) is 0 Å². The Balaban J connectivity index is 0. The van der Waals surface area contributed by atoms with Crippen molar-refractivity contribution in [2.45, 2.75) is 4.90 Å². The normalized spacial score (nSPS) is 9.18. The number of benzene rings is 1. The van der Waals surface area contributed by atoms with Crippen molar-refractivity contribution in [2.24, 2.45) is 0 Å². The third-order valence-corrected chi connectivity index (χ3v) is 2.67. The molecule has 88 valence electrons. The molecule has 0 fully saturated rings. The van der Waals surface area contributed by atoms with Gasteiger partial charge in [-0.2, -0.15) is 8.42 Å². The van der Waals surface area contributed by atoms with E-state index in [4.69, 9.17) is 0 Å². The van der Waals surface area contributed by atoms with Crippen LogP contribution in [0.5, 0.6) is 0 Å². The van der Waals surface area contributed by atoms with Crippen LogP contribution in [0.1, 0.15) is 0 Å². The van der Waals surface area contributed by atoms with Gasteiger partial charge in [-0.15, -0.1) is 6.58 Å². The van der Waals surface area contributed by atoms with E-state index in [9.17, 15) is 8.42 Å². The van der Waals surface area contributed by atoms with Crippen LogP contribution in [0.3, 0.4) is 0 Å². The molecule has 17 heavy (non-hydrogen) atoms. The van der Waals surface area contributed by atoms with Crippen LogP contribution in [0.25, 0.3) is 0 Å². The maximum Gasteiger partial charge on any atom is 1.00 e. The zero-order valence-corrected chi connectivity index (χ0v) is 12.8.